The third kappa shape index (κ3) is 3.55. The molecular formula is C16H24N2O. The van der Waals surface area contributed by atoms with Crippen molar-refractivity contribution >= 4 is 5.71 Å². The maximum absolute atomic E-state index is 4.92. The third-order valence-corrected chi connectivity index (χ3v) is 3.71. The number of hydrogen-bond acceptors (Lipinski definition) is 3. The van der Waals surface area contributed by atoms with Gasteiger partial charge in [0, 0.05) is 11.9 Å². The zero-order valence-corrected chi connectivity index (χ0v) is 12.5. The van der Waals surface area contributed by atoms with Crippen LogP contribution in [0, 0.1) is 0 Å². The minimum absolute atomic E-state index is 0.161. The number of hydrogen-bond donors (Lipinski definition) is 0. The van der Waals surface area contributed by atoms with Crippen molar-refractivity contribution in [3.05, 3.63) is 29.1 Å². The van der Waals surface area contributed by atoms with Crippen LogP contribution in [0.4, 0.5) is 0 Å². The lowest BCUT2D eigenvalue weighted by Crippen LogP contribution is -2.15. The van der Waals surface area contributed by atoms with E-state index in [0.717, 1.165) is 32.1 Å². The summed E-state index contributed by atoms with van der Waals surface area (Å²) in [5.74, 6) is 0. The van der Waals surface area contributed by atoms with Gasteiger partial charge in [0.2, 0.25) is 0 Å². The molecule has 104 valence electrons. The zero-order valence-electron chi connectivity index (χ0n) is 12.5. The molecule has 0 bridgehead atoms. The molecule has 1 aliphatic carbocycles. The number of rotatable bonds is 1. The molecule has 3 heteroatoms. The van der Waals surface area contributed by atoms with Crippen molar-refractivity contribution in [3.63, 3.8) is 0 Å². The standard InChI is InChI=1S/C16H24N2O/c1-16(2,3)13-10-12-8-9-14(18-19-4)6-5-7-15(12)17-11-13/h10-11H,5-9H2,1-4H3/b18-14+. The van der Waals surface area contributed by atoms with Crippen molar-refractivity contribution in [1.29, 1.82) is 0 Å². The van der Waals surface area contributed by atoms with Crippen molar-refractivity contribution in [1.82, 2.24) is 4.98 Å². The second-order valence-electron chi connectivity index (χ2n) is 6.27. The van der Waals surface area contributed by atoms with E-state index >= 15 is 0 Å². The van der Waals surface area contributed by atoms with E-state index in [1.807, 2.05) is 6.20 Å². The van der Waals surface area contributed by atoms with Crippen LogP contribution in [-0.4, -0.2) is 17.8 Å². The van der Waals surface area contributed by atoms with Gasteiger partial charge in [-0.05, 0) is 48.6 Å². The Morgan fingerprint density at radius 2 is 1.95 bits per heavy atom. The Kier molecular flexibility index (Phi) is 4.23. The van der Waals surface area contributed by atoms with Gasteiger partial charge in [-0.2, -0.15) is 0 Å². The predicted molar refractivity (Wildman–Crippen MR) is 78.6 cm³/mol. The number of nitrogens with zero attached hydrogens (tertiary/aromatic N) is 2. The average Bonchev–Trinajstić information content (AvgIpc) is 2.32. The summed E-state index contributed by atoms with van der Waals surface area (Å²) >= 11 is 0. The lowest BCUT2D eigenvalue weighted by atomic mass is 9.85. The lowest BCUT2D eigenvalue weighted by molar-refractivity contribution is 0.211. The summed E-state index contributed by atoms with van der Waals surface area (Å²) in [5.41, 5.74) is 5.31. The highest BCUT2D eigenvalue weighted by atomic mass is 16.6. The maximum Gasteiger partial charge on any atom is 0.106 e. The molecule has 1 heterocycles. The molecule has 0 saturated heterocycles. The van der Waals surface area contributed by atoms with Crippen molar-refractivity contribution in [2.45, 2.75) is 58.3 Å². The SMILES string of the molecule is CO/N=C1\CCCc2ncc(C(C)(C)C)cc2CC1. The highest BCUT2D eigenvalue weighted by Gasteiger charge is 2.18. The molecule has 1 aliphatic rings. The van der Waals surface area contributed by atoms with Crippen LogP contribution in [0.2, 0.25) is 0 Å². The summed E-state index contributed by atoms with van der Waals surface area (Å²) in [4.78, 5) is 9.60. The van der Waals surface area contributed by atoms with E-state index in [9.17, 15) is 0 Å². The van der Waals surface area contributed by atoms with Crippen molar-refractivity contribution in [2.24, 2.45) is 5.16 Å². The van der Waals surface area contributed by atoms with Gasteiger partial charge in [-0.15, -0.1) is 0 Å². The Hall–Kier alpha value is -1.38. The summed E-state index contributed by atoms with van der Waals surface area (Å²) in [5, 5.41) is 4.13. The van der Waals surface area contributed by atoms with Gasteiger partial charge >= 0.3 is 0 Å². The first kappa shape index (κ1) is 14.0. The van der Waals surface area contributed by atoms with Crippen LogP contribution in [0.1, 0.15) is 56.9 Å². The van der Waals surface area contributed by atoms with Gasteiger partial charge < -0.3 is 4.84 Å². The fourth-order valence-corrected chi connectivity index (χ4v) is 2.47. The van der Waals surface area contributed by atoms with E-state index in [1.54, 1.807) is 7.11 Å². The van der Waals surface area contributed by atoms with Gasteiger partial charge in [0.25, 0.3) is 0 Å². The second-order valence-corrected chi connectivity index (χ2v) is 6.27. The Balaban J connectivity index is 2.26. The molecule has 0 aromatic carbocycles. The molecule has 1 aromatic heterocycles. The summed E-state index contributed by atoms with van der Waals surface area (Å²) < 4.78 is 0. The molecule has 0 amide bonds. The third-order valence-electron chi connectivity index (χ3n) is 3.71. The van der Waals surface area contributed by atoms with E-state index in [-0.39, 0.29) is 5.41 Å². The molecule has 0 spiro atoms. The maximum atomic E-state index is 4.92. The number of oxime groups is 1. The number of pyridine rings is 1. The van der Waals surface area contributed by atoms with Gasteiger partial charge in [-0.3, -0.25) is 4.98 Å². The Morgan fingerprint density at radius 1 is 1.16 bits per heavy atom. The molecular weight excluding hydrogens is 236 g/mol. The van der Waals surface area contributed by atoms with Crippen LogP contribution in [-0.2, 0) is 23.1 Å². The molecule has 1 aromatic rings. The number of fused-ring (bicyclic) bond motifs is 1. The monoisotopic (exact) mass is 260 g/mol. The lowest BCUT2D eigenvalue weighted by Gasteiger charge is -2.22. The molecule has 19 heavy (non-hydrogen) atoms. The topological polar surface area (TPSA) is 34.5 Å². The minimum atomic E-state index is 0.161. The Bertz CT molecular complexity index is 472. The van der Waals surface area contributed by atoms with E-state index < -0.39 is 0 Å². The summed E-state index contributed by atoms with van der Waals surface area (Å²) in [7, 11) is 1.62. The quantitative estimate of drug-likeness (QED) is 0.722. The van der Waals surface area contributed by atoms with Crippen molar-refractivity contribution in [2.75, 3.05) is 7.11 Å². The van der Waals surface area contributed by atoms with Gasteiger partial charge in [0.1, 0.15) is 7.11 Å². The zero-order chi connectivity index (χ0) is 13.9. The fraction of sp³-hybridized carbons (Fsp3) is 0.625. The highest BCUT2D eigenvalue weighted by Crippen LogP contribution is 2.25. The molecule has 0 fully saturated rings. The van der Waals surface area contributed by atoms with Crippen LogP contribution < -0.4 is 0 Å². The largest absolute Gasteiger partial charge is 0.399 e. The summed E-state index contributed by atoms with van der Waals surface area (Å²) in [6, 6.07) is 2.33. The second kappa shape index (κ2) is 5.72. The van der Waals surface area contributed by atoms with Gasteiger partial charge in [0.15, 0.2) is 0 Å². The van der Waals surface area contributed by atoms with Crippen molar-refractivity contribution < 1.29 is 4.84 Å². The summed E-state index contributed by atoms with van der Waals surface area (Å²) in [6.07, 6.45) is 7.23. The molecule has 3 nitrogen and oxygen atoms in total. The molecule has 0 saturated carbocycles. The molecule has 0 aliphatic heterocycles. The first-order valence-corrected chi connectivity index (χ1v) is 7.08. The first-order valence-electron chi connectivity index (χ1n) is 7.08. The number of aryl methyl sites for hydroxylation is 2. The highest BCUT2D eigenvalue weighted by molar-refractivity contribution is 5.84. The summed E-state index contributed by atoms with van der Waals surface area (Å²) in [6.45, 7) is 6.70. The minimum Gasteiger partial charge on any atom is -0.399 e. The smallest absolute Gasteiger partial charge is 0.106 e. The van der Waals surface area contributed by atoms with Gasteiger partial charge in [0.05, 0.1) is 5.71 Å². The average molecular weight is 260 g/mol. The van der Waals surface area contributed by atoms with Crippen LogP contribution in [0.3, 0.4) is 0 Å². The van der Waals surface area contributed by atoms with E-state index in [0.29, 0.717) is 0 Å². The van der Waals surface area contributed by atoms with Crippen LogP contribution in [0.15, 0.2) is 17.4 Å². The fourth-order valence-electron chi connectivity index (χ4n) is 2.47. The van der Waals surface area contributed by atoms with E-state index in [1.165, 1.54) is 22.5 Å². The Morgan fingerprint density at radius 3 is 2.63 bits per heavy atom. The van der Waals surface area contributed by atoms with E-state index in [4.69, 9.17) is 4.84 Å². The molecule has 0 N–H and O–H groups in total. The van der Waals surface area contributed by atoms with E-state index in [2.05, 4.69) is 37.0 Å². The van der Waals surface area contributed by atoms with Crippen LogP contribution in [0.5, 0.6) is 0 Å². The molecule has 0 radical (unpaired) electrons. The first-order chi connectivity index (χ1) is 9.00. The van der Waals surface area contributed by atoms with Crippen LogP contribution in [0.25, 0.3) is 0 Å². The number of aromatic nitrogens is 1. The van der Waals surface area contributed by atoms with Crippen LogP contribution >= 0.6 is 0 Å². The Labute approximate surface area is 116 Å². The van der Waals surface area contributed by atoms with Crippen molar-refractivity contribution in [3.8, 4) is 0 Å². The predicted octanol–water partition coefficient (Wildman–Crippen LogP) is 3.65. The van der Waals surface area contributed by atoms with Gasteiger partial charge in [-0.25, -0.2) is 0 Å². The molecule has 2 rings (SSSR count). The molecule has 0 unspecified atom stereocenters. The normalized spacial score (nSPS) is 18.6. The van der Waals surface area contributed by atoms with Gasteiger partial charge in [-0.1, -0.05) is 32.0 Å². The molecule has 0 atom stereocenters.